The Morgan fingerprint density at radius 2 is 2.12 bits per heavy atom. The molecule has 0 unspecified atom stereocenters. The van der Waals surface area contributed by atoms with Crippen molar-refractivity contribution in [3.63, 3.8) is 0 Å². The third kappa shape index (κ3) is 4.47. The Balaban J connectivity index is 1.66. The Morgan fingerprint density at radius 3 is 2.81 bits per heavy atom. The molecule has 3 rings (SSSR count). The maximum Gasteiger partial charge on any atom is 0.222 e. The van der Waals surface area contributed by atoms with E-state index in [0.29, 0.717) is 17.7 Å². The van der Waals surface area contributed by atoms with E-state index in [2.05, 4.69) is 34.6 Å². The molecule has 0 aliphatic rings. The van der Waals surface area contributed by atoms with Crippen LogP contribution in [-0.4, -0.2) is 20.7 Å². The summed E-state index contributed by atoms with van der Waals surface area (Å²) in [5.41, 5.74) is 1.14. The SMILES string of the molecule is CCC[C@@H](NC(=O)CCn1c(-c2cccs2)n[nH]c1=S)c1ccccc1. The number of carbonyl (C=O) groups excluding carboxylic acids is 1. The lowest BCUT2D eigenvalue weighted by Crippen LogP contribution is -2.29. The minimum Gasteiger partial charge on any atom is -0.349 e. The van der Waals surface area contributed by atoms with Crippen LogP contribution in [0.5, 0.6) is 0 Å². The summed E-state index contributed by atoms with van der Waals surface area (Å²) in [5.74, 6) is 0.804. The maximum absolute atomic E-state index is 12.5. The first kappa shape index (κ1) is 18.5. The molecule has 0 saturated heterocycles. The normalized spacial score (nSPS) is 12.0. The van der Waals surface area contributed by atoms with E-state index in [4.69, 9.17) is 12.2 Å². The largest absolute Gasteiger partial charge is 0.349 e. The lowest BCUT2D eigenvalue weighted by molar-refractivity contribution is -0.122. The van der Waals surface area contributed by atoms with Gasteiger partial charge in [0, 0.05) is 13.0 Å². The molecule has 0 bridgehead atoms. The quantitative estimate of drug-likeness (QED) is 0.551. The first-order valence-electron chi connectivity index (χ1n) is 8.72. The highest BCUT2D eigenvalue weighted by molar-refractivity contribution is 7.71. The van der Waals surface area contributed by atoms with Crippen molar-refractivity contribution in [2.45, 2.75) is 38.8 Å². The van der Waals surface area contributed by atoms with Crippen molar-refractivity contribution in [3.05, 3.63) is 58.2 Å². The van der Waals surface area contributed by atoms with E-state index in [1.54, 1.807) is 11.3 Å². The van der Waals surface area contributed by atoms with Gasteiger partial charge < -0.3 is 5.32 Å². The number of hydrogen-bond acceptors (Lipinski definition) is 4. The average molecular weight is 387 g/mol. The summed E-state index contributed by atoms with van der Waals surface area (Å²) in [4.78, 5) is 13.6. The fourth-order valence-electron chi connectivity index (χ4n) is 2.90. The number of amides is 1. The summed E-state index contributed by atoms with van der Waals surface area (Å²) in [5, 5.41) is 12.3. The number of thiophene rings is 1. The van der Waals surface area contributed by atoms with Gasteiger partial charge in [-0.25, -0.2) is 0 Å². The second kappa shape index (κ2) is 8.91. The molecule has 0 aliphatic carbocycles. The van der Waals surface area contributed by atoms with Crippen molar-refractivity contribution in [2.24, 2.45) is 0 Å². The lowest BCUT2D eigenvalue weighted by atomic mass is 10.0. The number of nitrogens with one attached hydrogen (secondary N) is 2. The first-order chi connectivity index (χ1) is 12.7. The predicted molar refractivity (Wildman–Crippen MR) is 108 cm³/mol. The summed E-state index contributed by atoms with van der Waals surface area (Å²) < 4.78 is 2.42. The van der Waals surface area contributed by atoms with Crippen molar-refractivity contribution < 1.29 is 4.79 Å². The number of nitrogens with zero attached hydrogens (tertiary/aromatic N) is 2. The molecule has 1 atom stereocenters. The first-order valence-corrected chi connectivity index (χ1v) is 10.0. The van der Waals surface area contributed by atoms with E-state index in [9.17, 15) is 4.79 Å². The molecule has 0 fully saturated rings. The van der Waals surface area contributed by atoms with Crippen LogP contribution in [0.25, 0.3) is 10.7 Å². The summed E-state index contributed by atoms with van der Waals surface area (Å²) in [7, 11) is 0. The van der Waals surface area contributed by atoms with E-state index in [0.717, 1.165) is 29.1 Å². The smallest absolute Gasteiger partial charge is 0.222 e. The summed E-state index contributed by atoms with van der Waals surface area (Å²) in [6.07, 6.45) is 2.29. The minimum atomic E-state index is 0.0209. The van der Waals surface area contributed by atoms with E-state index < -0.39 is 0 Å². The summed E-state index contributed by atoms with van der Waals surface area (Å²) in [6, 6.07) is 14.1. The van der Waals surface area contributed by atoms with Crippen LogP contribution in [0.2, 0.25) is 0 Å². The van der Waals surface area contributed by atoms with Gasteiger partial charge in [-0.05, 0) is 35.6 Å². The van der Waals surface area contributed by atoms with Gasteiger partial charge in [-0.15, -0.1) is 11.3 Å². The molecule has 2 heterocycles. The highest BCUT2D eigenvalue weighted by Gasteiger charge is 2.15. The van der Waals surface area contributed by atoms with Crippen LogP contribution in [0.1, 0.15) is 37.8 Å². The van der Waals surface area contributed by atoms with E-state index in [-0.39, 0.29) is 11.9 Å². The fraction of sp³-hybridized carbons (Fsp3) is 0.316. The molecule has 2 N–H and O–H groups in total. The monoisotopic (exact) mass is 386 g/mol. The molecule has 7 heteroatoms. The molecular weight excluding hydrogens is 364 g/mol. The number of benzene rings is 1. The Morgan fingerprint density at radius 1 is 1.31 bits per heavy atom. The molecular formula is C19H22N4OS2. The second-order valence-electron chi connectivity index (χ2n) is 6.05. The molecule has 3 aromatic rings. The van der Waals surface area contributed by atoms with E-state index in [1.807, 2.05) is 40.3 Å². The van der Waals surface area contributed by atoms with Gasteiger partial charge in [-0.2, -0.15) is 5.10 Å². The van der Waals surface area contributed by atoms with Crippen molar-refractivity contribution in [2.75, 3.05) is 0 Å². The predicted octanol–water partition coefficient (Wildman–Crippen LogP) is 4.72. The van der Waals surface area contributed by atoms with Gasteiger partial charge in [0.25, 0.3) is 0 Å². The highest BCUT2D eigenvalue weighted by atomic mass is 32.1. The topological polar surface area (TPSA) is 62.7 Å². The highest BCUT2D eigenvalue weighted by Crippen LogP contribution is 2.23. The maximum atomic E-state index is 12.5. The van der Waals surface area contributed by atoms with Crippen LogP contribution in [0.15, 0.2) is 47.8 Å². The minimum absolute atomic E-state index is 0.0209. The van der Waals surface area contributed by atoms with E-state index >= 15 is 0 Å². The van der Waals surface area contributed by atoms with Crippen molar-refractivity contribution in [1.82, 2.24) is 20.1 Å². The zero-order valence-corrected chi connectivity index (χ0v) is 16.3. The Labute approximate surface area is 162 Å². The molecule has 2 aromatic heterocycles. The third-order valence-electron chi connectivity index (χ3n) is 4.18. The van der Waals surface area contributed by atoms with E-state index in [1.165, 1.54) is 0 Å². The van der Waals surface area contributed by atoms with Crippen molar-refractivity contribution >= 4 is 29.5 Å². The molecule has 5 nitrogen and oxygen atoms in total. The van der Waals surface area contributed by atoms with Crippen LogP contribution in [0, 0.1) is 4.77 Å². The molecule has 0 radical (unpaired) electrons. The van der Waals surface area contributed by atoms with Crippen molar-refractivity contribution in [3.8, 4) is 10.7 Å². The van der Waals surface area contributed by atoms with Crippen LogP contribution < -0.4 is 5.32 Å². The Bertz CT molecular complexity index is 884. The van der Waals surface area contributed by atoms with Gasteiger partial charge in [-0.3, -0.25) is 14.5 Å². The zero-order valence-electron chi connectivity index (χ0n) is 14.6. The number of rotatable bonds is 8. The van der Waals surface area contributed by atoms with Crippen LogP contribution in [0.3, 0.4) is 0 Å². The van der Waals surface area contributed by atoms with Gasteiger partial charge in [-0.1, -0.05) is 49.7 Å². The molecule has 0 aliphatic heterocycles. The summed E-state index contributed by atoms with van der Waals surface area (Å²) >= 11 is 6.92. The number of carbonyl (C=O) groups is 1. The van der Waals surface area contributed by atoms with Gasteiger partial charge in [0.05, 0.1) is 10.9 Å². The lowest BCUT2D eigenvalue weighted by Gasteiger charge is -2.19. The molecule has 0 saturated carbocycles. The zero-order chi connectivity index (χ0) is 18.4. The molecule has 136 valence electrons. The number of hydrogen-bond donors (Lipinski definition) is 2. The van der Waals surface area contributed by atoms with Gasteiger partial charge in [0.15, 0.2) is 10.6 Å². The van der Waals surface area contributed by atoms with Crippen LogP contribution >= 0.6 is 23.6 Å². The number of H-pyrrole nitrogens is 1. The molecule has 26 heavy (non-hydrogen) atoms. The third-order valence-corrected chi connectivity index (χ3v) is 5.35. The average Bonchev–Trinajstić information content (AvgIpc) is 3.30. The van der Waals surface area contributed by atoms with Gasteiger partial charge in [0.1, 0.15) is 0 Å². The fourth-order valence-corrected chi connectivity index (χ4v) is 3.84. The number of aromatic nitrogens is 3. The van der Waals surface area contributed by atoms with Crippen molar-refractivity contribution in [1.29, 1.82) is 0 Å². The van der Waals surface area contributed by atoms with Crippen LogP contribution in [0.4, 0.5) is 0 Å². The molecule has 0 spiro atoms. The van der Waals surface area contributed by atoms with Crippen LogP contribution in [-0.2, 0) is 11.3 Å². The second-order valence-corrected chi connectivity index (χ2v) is 7.39. The van der Waals surface area contributed by atoms with Gasteiger partial charge in [0.2, 0.25) is 5.91 Å². The standard InChI is InChI=1S/C19H22N4OS2/c1-2-7-15(14-8-4-3-5-9-14)20-17(24)11-12-23-18(21-22-19(23)25)16-10-6-13-26-16/h3-6,8-10,13,15H,2,7,11-12H2,1H3,(H,20,24)(H,22,25)/t15-/m1/s1. The van der Waals surface area contributed by atoms with Gasteiger partial charge >= 0.3 is 0 Å². The summed E-state index contributed by atoms with van der Waals surface area (Å²) in [6.45, 7) is 2.63. The number of aromatic amines is 1. The Kier molecular flexibility index (Phi) is 6.35. The molecule has 1 amide bonds. The molecule has 1 aromatic carbocycles. The Hall–Kier alpha value is -2.25.